The zero-order valence-corrected chi connectivity index (χ0v) is 12.1. The third-order valence-electron chi connectivity index (χ3n) is 2.38. The molecular weight excluding hydrogens is 282 g/mol. The Kier molecular flexibility index (Phi) is 5.58. The number of hydrogen-bond donors (Lipinski definition) is 0. The SMILES string of the molecule is CN(C)CCCN(C)C(=O)c1cccc(Br)n1. The van der Waals surface area contributed by atoms with Gasteiger partial charge in [-0.3, -0.25) is 4.79 Å². The highest BCUT2D eigenvalue weighted by atomic mass is 79.9. The van der Waals surface area contributed by atoms with E-state index in [9.17, 15) is 4.79 Å². The average Bonchev–Trinajstić information content (AvgIpc) is 2.27. The summed E-state index contributed by atoms with van der Waals surface area (Å²) in [6, 6.07) is 5.36. The first kappa shape index (κ1) is 14.1. The predicted octanol–water partition coefficient (Wildman–Crippen LogP) is 1.87. The molecule has 0 atom stereocenters. The van der Waals surface area contributed by atoms with E-state index in [0.717, 1.165) is 19.5 Å². The summed E-state index contributed by atoms with van der Waals surface area (Å²) in [6.07, 6.45) is 0.962. The molecule has 94 valence electrons. The molecule has 0 saturated carbocycles. The molecule has 0 saturated heterocycles. The van der Waals surface area contributed by atoms with Crippen molar-refractivity contribution in [3.63, 3.8) is 0 Å². The highest BCUT2D eigenvalue weighted by Crippen LogP contribution is 2.08. The van der Waals surface area contributed by atoms with E-state index in [1.807, 2.05) is 26.2 Å². The number of rotatable bonds is 5. The van der Waals surface area contributed by atoms with Crippen molar-refractivity contribution in [1.82, 2.24) is 14.8 Å². The number of pyridine rings is 1. The quantitative estimate of drug-likeness (QED) is 0.779. The molecular formula is C12H18BrN3O. The highest BCUT2D eigenvalue weighted by Gasteiger charge is 2.12. The third-order valence-corrected chi connectivity index (χ3v) is 2.82. The number of halogens is 1. The lowest BCUT2D eigenvalue weighted by molar-refractivity contribution is 0.0784. The molecule has 5 heteroatoms. The summed E-state index contributed by atoms with van der Waals surface area (Å²) in [7, 11) is 5.86. The first-order valence-electron chi connectivity index (χ1n) is 5.53. The van der Waals surface area contributed by atoms with Crippen LogP contribution in [0.3, 0.4) is 0 Å². The summed E-state index contributed by atoms with van der Waals surface area (Å²) < 4.78 is 0.685. The second-order valence-electron chi connectivity index (χ2n) is 4.23. The van der Waals surface area contributed by atoms with Crippen LogP contribution in [0, 0.1) is 0 Å². The van der Waals surface area contributed by atoms with Crippen molar-refractivity contribution in [2.24, 2.45) is 0 Å². The summed E-state index contributed by atoms with van der Waals surface area (Å²) in [5, 5.41) is 0. The number of nitrogens with zero attached hydrogens (tertiary/aromatic N) is 3. The van der Waals surface area contributed by atoms with E-state index < -0.39 is 0 Å². The fourth-order valence-corrected chi connectivity index (χ4v) is 1.79. The van der Waals surface area contributed by atoms with Crippen LogP contribution in [0.5, 0.6) is 0 Å². The van der Waals surface area contributed by atoms with Gasteiger partial charge in [0.25, 0.3) is 5.91 Å². The highest BCUT2D eigenvalue weighted by molar-refractivity contribution is 9.10. The van der Waals surface area contributed by atoms with Gasteiger partial charge in [0.1, 0.15) is 10.3 Å². The van der Waals surface area contributed by atoms with Gasteiger partial charge in [-0.1, -0.05) is 6.07 Å². The van der Waals surface area contributed by atoms with Crippen molar-refractivity contribution in [2.75, 3.05) is 34.2 Å². The lowest BCUT2D eigenvalue weighted by atomic mass is 10.3. The van der Waals surface area contributed by atoms with E-state index >= 15 is 0 Å². The monoisotopic (exact) mass is 299 g/mol. The minimum atomic E-state index is -0.0370. The number of carbonyl (C=O) groups is 1. The Morgan fingerprint density at radius 3 is 2.59 bits per heavy atom. The molecule has 0 fully saturated rings. The molecule has 1 aromatic rings. The van der Waals surface area contributed by atoms with Crippen LogP contribution in [-0.2, 0) is 0 Å². The first-order chi connectivity index (χ1) is 8.00. The van der Waals surface area contributed by atoms with Crippen LogP contribution < -0.4 is 0 Å². The molecule has 0 radical (unpaired) electrons. The molecule has 0 aromatic carbocycles. The Balaban J connectivity index is 2.52. The van der Waals surface area contributed by atoms with Gasteiger partial charge < -0.3 is 9.80 Å². The second kappa shape index (κ2) is 6.71. The lowest BCUT2D eigenvalue weighted by Gasteiger charge is -2.18. The Hall–Kier alpha value is -0.940. The van der Waals surface area contributed by atoms with Crippen LogP contribution in [0.4, 0.5) is 0 Å². The zero-order valence-electron chi connectivity index (χ0n) is 10.5. The molecule has 17 heavy (non-hydrogen) atoms. The molecule has 1 heterocycles. The van der Waals surface area contributed by atoms with Crippen LogP contribution in [0.25, 0.3) is 0 Å². The Labute approximate surface area is 111 Å². The molecule has 4 nitrogen and oxygen atoms in total. The van der Waals surface area contributed by atoms with Crippen molar-refractivity contribution in [3.05, 3.63) is 28.5 Å². The van der Waals surface area contributed by atoms with Gasteiger partial charge in [-0.15, -0.1) is 0 Å². The van der Waals surface area contributed by atoms with E-state index in [1.165, 1.54) is 0 Å². The average molecular weight is 300 g/mol. The van der Waals surface area contributed by atoms with Gasteiger partial charge >= 0.3 is 0 Å². The largest absolute Gasteiger partial charge is 0.340 e. The van der Waals surface area contributed by atoms with Crippen LogP contribution >= 0.6 is 15.9 Å². The standard InChI is InChI=1S/C12H18BrN3O/c1-15(2)8-5-9-16(3)12(17)10-6-4-7-11(13)14-10/h4,6-7H,5,8-9H2,1-3H3. The van der Waals surface area contributed by atoms with Crippen molar-refractivity contribution >= 4 is 21.8 Å². The minimum absolute atomic E-state index is 0.0370. The van der Waals surface area contributed by atoms with E-state index in [2.05, 4.69) is 25.8 Å². The Morgan fingerprint density at radius 2 is 2.00 bits per heavy atom. The van der Waals surface area contributed by atoms with Gasteiger partial charge in [0, 0.05) is 13.6 Å². The Bertz CT molecular complexity index is 382. The van der Waals surface area contributed by atoms with Crippen LogP contribution in [0.2, 0.25) is 0 Å². The van der Waals surface area contributed by atoms with Gasteiger partial charge in [-0.25, -0.2) is 4.98 Å². The molecule has 0 N–H and O–H groups in total. The predicted molar refractivity (Wildman–Crippen MR) is 72.1 cm³/mol. The summed E-state index contributed by atoms with van der Waals surface area (Å²) in [6.45, 7) is 1.72. The fraction of sp³-hybridized carbons (Fsp3) is 0.500. The maximum Gasteiger partial charge on any atom is 0.272 e. The summed E-state index contributed by atoms with van der Waals surface area (Å²) in [5.74, 6) is -0.0370. The van der Waals surface area contributed by atoms with Crippen LogP contribution in [-0.4, -0.2) is 54.9 Å². The van der Waals surface area contributed by atoms with E-state index in [1.54, 1.807) is 18.0 Å². The van der Waals surface area contributed by atoms with Crippen molar-refractivity contribution in [1.29, 1.82) is 0 Å². The van der Waals surface area contributed by atoms with Crippen LogP contribution in [0.15, 0.2) is 22.8 Å². The van der Waals surface area contributed by atoms with Gasteiger partial charge in [-0.2, -0.15) is 0 Å². The minimum Gasteiger partial charge on any atom is -0.340 e. The van der Waals surface area contributed by atoms with Gasteiger partial charge in [-0.05, 0) is 55.1 Å². The first-order valence-corrected chi connectivity index (χ1v) is 6.33. The van der Waals surface area contributed by atoms with Crippen molar-refractivity contribution in [2.45, 2.75) is 6.42 Å². The number of carbonyl (C=O) groups excluding carboxylic acids is 1. The van der Waals surface area contributed by atoms with Crippen LogP contribution in [0.1, 0.15) is 16.9 Å². The molecule has 0 aliphatic rings. The molecule has 0 aliphatic heterocycles. The van der Waals surface area contributed by atoms with E-state index in [0.29, 0.717) is 10.3 Å². The molecule has 1 aromatic heterocycles. The molecule has 1 rings (SSSR count). The van der Waals surface area contributed by atoms with Gasteiger partial charge in [0.15, 0.2) is 0 Å². The van der Waals surface area contributed by atoms with Crippen molar-refractivity contribution in [3.8, 4) is 0 Å². The van der Waals surface area contributed by atoms with Gasteiger partial charge in [0.2, 0.25) is 0 Å². The number of amides is 1. The lowest BCUT2D eigenvalue weighted by Crippen LogP contribution is -2.30. The maximum absolute atomic E-state index is 12.0. The fourth-order valence-electron chi connectivity index (χ4n) is 1.45. The number of hydrogen-bond acceptors (Lipinski definition) is 3. The van der Waals surface area contributed by atoms with Gasteiger partial charge in [0.05, 0.1) is 0 Å². The molecule has 0 aliphatic carbocycles. The summed E-state index contributed by atoms with van der Waals surface area (Å²) in [5.41, 5.74) is 0.478. The normalized spacial score (nSPS) is 10.6. The Morgan fingerprint density at radius 1 is 1.29 bits per heavy atom. The summed E-state index contributed by atoms with van der Waals surface area (Å²) in [4.78, 5) is 20.0. The molecule has 0 unspecified atom stereocenters. The van der Waals surface area contributed by atoms with E-state index in [4.69, 9.17) is 0 Å². The smallest absolute Gasteiger partial charge is 0.272 e. The van der Waals surface area contributed by atoms with Crippen molar-refractivity contribution < 1.29 is 4.79 Å². The topological polar surface area (TPSA) is 36.4 Å². The number of aromatic nitrogens is 1. The summed E-state index contributed by atoms with van der Waals surface area (Å²) >= 11 is 3.26. The second-order valence-corrected chi connectivity index (χ2v) is 5.04. The maximum atomic E-state index is 12.0. The molecule has 0 bridgehead atoms. The molecule has 1 amide bonds. The third kappa shape index (κ3) is 4.83. The van der Waals surface area contributed by atoms with E-state index in [-0.39, 0.29) is 5.91 Å². The molecule has 0 spiro atoms. The zero-order chi connectivity index (χ0) is 12.8.